The summed E-state index contributed by atoms with van der Waals surface area (Å²) in [5.41, 5.74) is -5.26. The van der Waals surface area contributed by atoms with Gasteiger partial charge < -0.3 is 30.1 Å². The third-order valence-electron chi connectivity index (χ3n) is 7.74. The van der Waals surface area contributed by atoms with E-state index in [1.54, 1.807) is 0 Å². The molecule has 0 radical (unpaired) electrons. The van der Waals surface area contributed by atoms with Gasteiger partial charge >= 0.3 is 13.3 Å². The SMILES string of the molecule is O=C(N[C@H]1CCCC[C@H]2CC[C@@H](C(=O)N[C@H]3COCC3F)N2C1=O)c1cc2cc(C(F)(F)P(=O)(O)O)ccc2s1. The fourth-order valence-corrected chi connectivity index (χ4v) is 7.02. The number of carbonyl (C=O) groups is 3. The number of rotatable bonds is 6. The number of ether oxygens (including phenoxy) is 1. The van der Waals surface area contributed by atoms with E-state index in [9.17, 15) is 32.1 Å². The summed E-state index contributed by atoms with van der Waals surface area (Å²) in [4.78, 5) is 59.6. The molecule has 4 heterocycles. The van der Waals surface area contributed by atoms with Gasteiger partial charge in [-0.25, -0.2) is 4.39 Å². The first-order valence-corrected chi connectivity index (χ1v) is 15.4. The van der Waals surface area contributed by atoms with Gasteiger partial charge in [0, 0.05) is 16.3 Å². The van der Waals surface area contributed by atoms with Crippen LogP contribution in [0.4, 0.5) is 13.2 Å². The number of thiophene rings is 1. The first kappa shape index (κ1) is 29.0. The zero-order valence-corrected chi connectivity index (χ0v) is 22.9. The summed E-state index contributed by atoms with van der Waals surface area (Å²) in [6.45, 7) is -0.0383. The van der Waals surface area contributed by atoms with Crippen LogP contribution in [0.3, 0.4) is 0 Å². The van der Waals surface area contributed by atoms with Gasteiger partial charge in [-0.05, 0) is 49.3 Å². The summed E-state index contributed by atoms with van der Waals surface area (Å²) in [5, 5.41) is 5.59. The van der Waals surface area contributed by atoms with Crippen LogP contribution in [0, 0.1) is 0 Å². The number of amides is 3. The van der Waals surface area contributed by atoms with E-state index < -0.39 is 60.8 Å². The van der Waals surface area contributed by atoms with Gasteiger partial charge in [0.15, 0.2) is 0 Å². The van der Waals surface area contributed by atoms with E-state index in [0.717, 1.165) is 29.9 Å². The van der Waals surface area contributed by atoms with Crippen molar-refractivity contribution >= 4 is 46.7 Å². The van der Waals surface area contributed by atoms with Gasteiger partial charge in [0.05, 0.1) is 24.1 Å². The molecule has 2 aromatic rings. The standard InChI is InChI=1S/C25H29F3N3O7PS/c26-16-11-38-12-18(16)30-22(32)19-7-6-15-3-1-2-4-17(24(34)31(15)19)29-23(33)21-10-13-9-14(5-8-20(13)40-21)25(27,28)39(35,36)37/h5,8-10,15-19H,1-4,6-7,11-12H2,(H,29,33)(H,30,32)(H2,35,36,37)/t15-,16?,17-,18-,19-/m0/s1. The van der Waals surface area contributed by atoms with Crippen molar-refractivity contribution in [3.8, 4) is 0 Å². The number of nitrogens with one attached hydrogen (secondary N) is 2. The highest BCUT2D eigenvalue weighted by Gasteiger charge is 2.50. The molecule has 1 aromatic heterocycles. The molecular formula is C25H29F3N3O7PS. The predicted molar refractivity (Wildman–Crippen MR) is 139 cm³/mol. The summed E-state index contributed by atoms with van der Waals surface area (Å²) in [6.07, 6.45) is 2.23. The fourth-order valence-electron chi connectivity index (χ4n) is 5.60. The predicted octanol–water partition coefficient (Wildman–Crippen LogP) is 3.01. The lowest BCUT2D eigenvalue weighted by atomic mass is 9.99. The second-order valence-corrected chi connectivity index (χ2v) is 13.2. The Balaban J connectivity index is 1.32. The first-order valence-electron chi connectivity index (χ1n) is 13.0. The Hall–Kier alpha value is -2.51. The number of hydrogen-bond donors (Lipinski definition) is 4. The molecule has 0 saturated carbocycles. The Bertz CT molecular complexity index is 1370. The normalized spacial score (nSPS) is 27.8. The average Bonchev–Trinajstić information content (AvgIpc) is 3.61. The number of carbonyl (C=O) groups excluding carboxylic acids is 3. The Morgan fingerprint density at radius 3 is 2.52 bits per heavy atom. The van der Waals surface area contributed by atoms with Gasteiger partial charge in [-0.3, -0.25) is 18.9 Å². The maximum atomic E-state index is 14.2. The highest BCUT2D eigenvalue weighted by atomic mass is 32.1. The molecule has 0 bridgehead atoms. The van der Waals surface area contributed by atoms with Crippen LogP contribution in [0.5, 0.6) is 0 Å². The van der Waals surface area contributed by atoms with Crippen molar-refractivity contribution < 1.29 is 46.6 Å². The van der Waals surface area contributed by atoms with Gasteiger partial charge in [0.1, 0.15) is 18.3 Å². The maximum absolute atomic E-state index is 14.2. The second-order valence-electron chi connectivity index (χ2n) is 10.4. The smallest absolute Gasteiger partial charge is 0.376 e. The molecular weight excluding hydrogens is 574 g/mol. The van der Waals surface area contributed by atoms with Crippen LogP contribution in [-0.4, -0.2) is 76.0 Å². The van der Waals surface area contributed by atoms with Crippen LogP contribution < -0.4 is 10.6 Å². The van der Waals surface area contributed by atoms with Gasteiger partial charge in [-0.1, -0.05) is 18.9 Å². The van der Waals surface area contributed by atoms with Crippen LogP contribution in [0.15, 0.2) is 24.3 Å². The molecule has 1 unspecified atom stereocenters. The molecule has 0 aliphatic carbocycles. The maximum Gasteiger partial charge on any atom is 0.399 e. The lowest BCUT2D eigenvalue weighted by Crippen LogP contribution is -2.57. The second kappa shape index (κ2) is 11.1. The van der Waals surface area contributed by atoms with E-state index >= 15 is 0 Å². The molecule has 3 fully saturated rings. The number of hydrogen-bond acceptors (Lipinski definition) is 6. The average molecular weight is 604 g/mol. The molecule has 5 rings (SSSR count). The van der Waals surface area contributed by atoms with E-state index in [1.807, 2.05) is 0 Å². The van der Waals surface area contributed by atoms with Crippen molar-refractivity contribution in [2.24, 2.45) is 0 Å². The van der Waals surface area contributed by atoms with Crippen LogP contribution in [0.1, 0.15) is 53.8 Å². The molecule has 3 saturated heterocycles. The van der Waals surface area contributed by atoms with Crippen LogP contribution >= 0.6 is 18.9 Å². The van der Waals surface area contributed by atoms with E-state index in [4.69, 9.17) is 14.5 Å². The third-order valence-corrected chi connectivity index (χ3v) is 9.84. The molecule has 1 aromatic carbocycles. The Labute approximate surface area is 231 Å². The van der Waals surface area contributed by atoms with Gasteiger partial charge in [-0.2, -0.15) is 8.78 Å². The van der Waals surface area contributed by atoms with Crippen molar-refractivity contribution in [2.45, 2.75) is 74.5 Å². The molecule has 4 N–H and O–H groups in total. The van der Waals surface area contributed by atoms with Crippen molar-refractivity contribution in [3.63, 3.8) is 0 Å². The van der Waals surface area contributed by atoms with E-state index in [-0.39, 0.29) is 29.5 Å². The lowest BCUT2D eigenvalue weighted by Gasteiger charge is -2.35. The molecule has 15 heteroatoms. The van der Waals surface area contributed by atoms with Gasteiger partial charge in [-0.15, -0.1) is 11.3 Å². The zero-order chi connectivity index (χ0) is 28.8. The van der Waals surface area contributed by atoms with E-state index in [1.165, 1.54) is 17.0 Å². The van der Waals surface area contributed by atoms with Crippen molar-refractivity contribution in [2.75, 3.05) is 13.2 Å². The quantitative estimate of drug-likeness (QED) is 0.372. The number of fused-ring (bicyclic) bond motifs is 2. The van der Waals surface area contributed by atoms with Crippen molar-refractivity contribution in [3.05, 3.63) is 34.7 Å². The Kier molecular flexibility index (Phi) is 8.01. The Morgan fingerprint density at radius 2 is 1.82 bits per heavy atom. The van der Waals surface area contributed by atoms with Gasteiger partial charge in [0.2, 0.25) is 11.8 Å². The molecule has 218 valence electrons. The number of alkyl halides is 3. The van der Waals surface area contributed by atoms with Crippen molar-refractivity contribution in [1.29, 1.82) is 0 Å². The topological polar surface area (TPSA) is 145 Å². The summed E-state index contributed by atoms with van der Waals surface area (Å²) < 4.78 is 59.1. The molecule has 5 atom stereocenters. The summed E-state index contributed by atoms with van der Waals surface area (Å²) in [7, 11) is -5.76. The highest BCUT2D eigenvalue weighted by molar-refractivity contribution is 7.52. The lowest BCUT2D eigenvalue weighted by molar-refractivity contribution is -0.143. The largest absolute Gasteiger partial charge is 0.399 e. The zero-order valence-electron chi connectivity index (χ0n) is 21.2. The van der Waals surface area contributed by atoms with Crippen molar-refractivity contribution in [1.82, 2.24) is 15.5 Å². The van der Waals surface area contributed by atoms with Crippen LogP contribution in [0.25, 0.3) is 10.1 Å². The molecule has 3 aliphatic rings. The molecule has 3 amide bonds. The van der Waals surface area contributed by atoms with E-state index in [2.05, 4.69) is 10.6 Å². The minimum absolute atomic E-state index is 0.0588. The summed E-state index contributed by atoms with van der Waals surface area (Å²) >= 11 is 0.987. The first-order chi connectivity index (χ1) is 18.9. The minimum Gasteiger partial charge on any atom is -0.376 e. The minimum atomic E-state index is -5.76. The summed E-state index contributed by atoms with van der Waals surface area (Å²) in [5.74, 6) is -1.46. The summed E-state index contributed by atoms with van der Waals surface area (Å²) in [6, 6.07) is 1.75. The molecule has 3 aliphatic heterocycles. The third kappa shape index (κ3) is 5.52. The number of halogens is 3. The van der Waals surface area contributed by atoms with Crippen LogP contribution in [0.2, 0.25) is 0 Å². The number of nitrogens with zero attached hydrogens (tertiary/aromatic N) is 1. The van der Waals surface area contributed by atoms with E-state index in [0.29, 0.717) is 36.8 Å². The molecule has 0 spiro atoms. The monoisotopic (exact) mass is 603 g/mol. The Morgan fingerprint density at radius 1 is 1.07 bits per heavy atom. The highest BCUT2D eigenvalue weighted by Crippen LogP contribution is 2.59. The molecule has 10 nitrogen and oxygen atoms in total. The fraction of sp³-hybridized carbons (Fsp3) is 0.560. The number of benzene rings is 1. The van der Waals surface area contributed by atoms with Gasteiger partial charge in [0.25, 0.3) is 5.91 Å². The molecule has 40 heavy (non-hydrogen) atoms. The van der Waals surface area contributed by atoms with Crippen LogP contribution in [-0.2, 0) is 24.6 Å².